The Kier molecular flexibility index (Phi) is 7.25. The van der Waals surface area contributed by atoms with Crippen molar-refractivity contribution >= 4 is 16.1 Å². The van der Waals surface area contributed by atoms with Gasteiger partial charge in [0.2, 0.25) is 10.0 Å². The Labute approximate surface area is 151 Å². The molecule has 0 spiro atoms. The van der Waals surface area contributed by atoms with E-state index in [-0.39, 0.29) is 24.4 Å². The van der Waals surface area contributed by atoms with Gasteiger partial charge < -0.3 is 10.2 Å². The lowest BCUT2D eigenvalue weighted by Crippen LogP contribution is -2.43. The summed E-state index contributed by atoms with van der Waals surface area (Å²) in [7, 11) is -3.34. The maximum absolute atomic E-state index is 12.3. The zero-order valence-electron chi connectivity index (χ0n) is 15.1. The maximum atomic E-state index is 12.3. The summed E-state index contributed by atoms with van der Waals surface area (Å²) in [6, 6.07) is 10.1. The van der Waals surface area contributed by atoms with Crippen LogP contribution < -0.4 is 10.0 Å². The number of urea groups is 1. The summed E-state index contributed by atoms with van der Waals surface area (Å²) in [5.41, 5.74) is 1.33. The summed E-state index contributed by atoms with van der Waals surface area (Å²) in [5, 5.41) is 2.73. The molecule has 7 heteroatoms. The van der Waals surface area contributed by atoms with Gasteiger partial charge in [0.25, 0.3) is 0 Å². The summed E-state index contributed by atoms with van der Waals surface area (Å²) in [5.74, 6) is 0.381. The largest absolute Gasteiger partial charge is 0.337 e. The smallest absolute Gasteiger partial charge is 0.317 e. The summed E-state index contributed by atoms with van der Waals surface area (Å²) in [4.78, 5) is 14.1. The standard InChI is InChI=1S/C18H29N3O3S/c1-15(2)20-25(23,24)14-11-19-18(22)21-12-6-9-17(10-13-21)16-7-4-3-5-8-16/h3-5,7-8,15,17,20H,6,9-14H2,1-2H3,(H,19,22). The van der Waals surface area contributed by atoms with Crippen molar-refractivity contribution in [3.05, 3.63) is 35.9 Å². The molecule has 25 heavy (non-hydrogen) atoms. The summed E-state index contributed by atoms with van der Waals surface area (Å²) >= 11 is 0. The minimum atomic E-state index is -3.34. The van der Waals surface area contributed by atoms with Gasteiger partial charge in [-0.05, 0) is 44.6 Å². The summed E-state index contributed by atoms with van der Waals surface area (Å²) in [6.45, 7) is 5.08. The number of carbonyl (C=O) groups excluding carboxylic acids is 1. The van der Waals surface area contributed by atoms with E-state index in [1.165, 1.54) is 5.56 Å². The average molecular weight is 368 g/mol. The van der Waals surface area contributed by atoms with Crippen LogP contribution in [0.5, 0.6) is 0 Å². The third-order valence-corrected chi connectivity index (χ3v) is 5.92. The van der Waals surface area contributed by atoms with E-state index in [4.69, 9.17) is 0 Å². The van der Waals surface area contributed by atoms with Crippen LogP contribution in [0.2, 0.25) is 0 Å². The van der Waals surface area contributed by atoms with Crippen molar-refractivity contribution in [1.29, 1.82) is 0 Å². The second-order valence-corrected chi connectivity index (χ2v) is 8.72. The average Bonchev–Trinajstić information content (AvgIpc) is 2.80. The van der Waals surface area contributed by atoms with Crippen molar-refractivity contribution in [2.45, 2.75) is 45.1 Å². The van der Waals surface area contributed by atoms with E-state index in [0.29, 0.717) is 19.0 Å². The molecule has 2 amide bonds. The Bertz CT molecular complexity index is 647. The van der Waals surface area contributed by atoms with Gasteiger partial charge in [-0.2, -0.15) is 0 Å². The minimum absolute atomic E-state index is 0.0998. The lowest BCUT2D eigenvalue weighted by Gasteiger charge is -2.21. The maximum Gasteiger partial charge on any atom is 0.317 e. The van der Waals surface area contributed by atoms with Crippen LogP contribution >= 0.6 is 0 Å². The van der Waals surface area contributed by atoms with Gasteiger partial charge in [-0.3, -0.25) is 0 Å². The molecule has 1 aromatic carbocycles. The molecule has 0 aliphatic carbocycles. The molecule has 1 unspecified atom stereocenters. The Morgan fingerprint density at radius 2 is 1.92 bits per heavy atom. The molecule has 1 aromatic rings. The van der Waals surface area contributed by atoms with Gasteiger partial charge in [-0.25, -0.2) is 17.9 Å². The zero-order chi connectivity index (χ0) is 18.3. The highest BCUT2D eigenvalue weighted by Gasteiger charge is 2.21. The first-order chi connectivity index (χ1) is 11.9. The Balaban J connectivity index is 1.79. The van der Waals surface area contributed by atoms with Crippen LogP contribution in [0.1, 0.15) is 44.6 Å². The van der Waals surface area contributed by atoms with E-state index in [1.54, 1.807) is 18.7 Å². The second-order valence-electron chi connectivity index (χ2n) is 6.85. The molecule has 2 N–H and O–H groups in total. The molecule has 2 rings (SSSR count). The van der Waals surface area contributed by atoms with Gasteiger partial charge in [-0.15, -0.1) is 0 Å². The van der Waals surface area contributed by atoms with E-state index < -0.39 is 10.0 Å². The molecule has 1 saturated heterocycles. The van der Waals surface area contributed by atoms with Crippen LogP contribution in [0, 0.1) is 0 Å². The number of nitrogens with zero attached hydrogens (tertiary/aromatic N) is 1. The van der Waals surface area contributed by atoms with Crippen LogP contribution in [0.3, 0.4) is 0 Å². The number of likely N-dealkylation sites (tertiary alicyclic amines) is 1. The number of carbonyl (C=O) groups is 1. The van der Waals surface area contributed by atoms with Crippen molar-refractivity contribution in [1.82, 2.24) is 14.9 Å². The predicted molar refractivity (Wildman–Crippen MR) is 100 cm³/mol. The van der Waals surface area contributed by atoms with Gasteiger partial charge in [0.1, 0.15) is 0 Å². The Morgan fingerprint density at radius 3 is 2.60 bits per heavy atom. The van der Waals surface area contributed by atoms with Gasteiger partial charge in [0.05, 0.1) is 5.75 Å². The third-order valence-electron chi connectivity index (χ3n) is 4.35. The van der Waals surface area contributed by atoms with Gasteiger partial charge in [-0.1, -0.05) is 30.3 Å². The monoisotopic (exact) mass is 367 g/mol. The van der Waals surface area contributed by atoms with Crippen molar-refractivity contribution in [3.8, 4) is 0 Å². The van der Waals surface area contributed by atoms with Gasteiger partial charge in [0, 0.05) is 25.7 Å². The molecule has 1 aliphatic heterocycles. The fourth-order valence-electron chi connectivity index (χ4n) is 3.18. The Morgan fingerprint density at radius 1 is 1.20 bits per heavy atom. The fourth-order valence-corrected chi connectivity index (χ4v) is 4.39. The molecule has 0 aromatic heterocycles. The molecule has 0 radical (unpaired) electrons. The molecule has 140 valence electrons. The molecule has 1 aliphatic rings. The zero-order valence-corrected chi connectivity index (χ0v) is 15.9. The van der Waals surface area contributed by atoms with Gasteiger partial charge >= 0.3 is 6.03 Å². The van der Waals surface area contributed by atoms with Gasteiger partial charge in [0.15, 0.2) is 0 Å². The topological polar surface area (TPSA) is 78.5 Å². The Hall–Kier alpha value is -1.60. The molecule has 1 fully saturated rings. The van der Waals surface area contributed by atoms with E-state index in [1.807, 2.05) is 6.07 Å². The number of hydrogen-bond acceptors (Lipinski definition) is 3. The SMILES string of the molecule is CC(C)NS(=O)(=O)CCNC(=O)N1CCCC(c2ccccc2)CC1. The third kappa shape index (κ3) is 6.66. The second kappa shape index (κ2) is 9.20. The van der Waals surface area contributed by atoms with E-state index in [2.05, 4.69) is 34.3 Å². The van der Waals surface area contributed by atoms with Crippen molar-refractivity contribution in [2.24, 2.45) is 0 Å². The van der Waals surface area contributed by atoms with Crippen molar-refractivity contribution in [2.75, 3.05) is 25.4 Å². The summed E-state index contributed by atoms with van der Waals surface area (Å²) in [6.07, 6.45) is 2.96. The van der Waals surface area contributed by atoms with Crippen molar-refractivity contribution in [3.63, 3.8) is 0 Å². The minimum Gasteiger partial charge on any atom is -0.337 e. The van der Waals surface area contributed by atoms with Crippen LogP contribution in [-0.4, -0.2) is 50.8 Å². The molecule has 1 atom stereocenters. The lowest BCUT2D eigenvalue weighted by atomic mass is 9.92. The van der Waals surface area contributed by atoms with Crippen LogP contribution in [0.15, 0.2) is 30.3 Å². The highest BCUT2D eigenvalue weighted by molar-refractivity contribution is 7.89. The van der Waals surface area contributed by atoms with E-state index in [0.717, 1.165) is 19.3 Å². The van der Waals surface area contributed by atoms with Crippen molar-refractivity contribution < 1.29 is 13.2 Å². The number of hydrogen-bond donors (Lipinski definition) is 2. The normalized spacial score (nSPS) is 18.8. The van der Waals surface area contributed by atoms with E-state index >= 15 is 0 Å². The molecule has 6 nitrogen and oxygen atoms in total. The highest BCUT2D eigenvalue weighted by Crippen LogP contribution is 2.27. The highest BCUT2D eigenvalue weighted by atomic mass is 32.2. The number of nitrogens with one attached hydrogen (secondary N) is 2. The predicted octanol–water partition coefficient (Wildman–Crippen LogP) is 2.29. The number of rotatable bonds is 6. The number of amides is 2. The first kappa shape index (κ1) is 19.7. The van der Waals surface area contributed by atoms with Crippen LogP contribution in [-0.2, 0) is 10.0 Å². The van der Waals surface area contributed by atoms with Crippen LogP contribution in [0.25, 0.3) is 0 Å². The first-order valence-electron chi connectivity index (χ1n) is 8.95. The quantitative estimate of drug-likeness (QED) is 0.810. The number of benzene rings is 1. The fraction of sp³-hybridized carbons (Fsp3) is 0.611. The molecule has 0 bridgehead atoms. The summed E-state index contributed by atoms with van der Waals surface area (Å²) < 4.78 is 26.1. The molecule has 1 heterocycles. The van der Waals surface area contributed by atoms with Crippen LogP contribution in [0.4, 0.5) is 4.79 Å². The molecule has 0 saturated carbocycles. The molecular weight excluding hydrogens is 338 g/mol. The molecular formula is C18H29N3O3S. The lowest BCUT2D eigenvalue weighted by molar-refractivity contribution is 0.200. The first-order valence-corrected chi connectivity index (χ1v) is 10.6. The van der Waals surface area contributed by atoms with E-state index in [9.17, 15) is 13.2 Å². The number of sulfonamides is 1.